The van der Waals surface area contributed by atoms with E-state index in [1.54, 1.807) is 35.6 Å². The number of thiophene rings is 1. The summed E-state index contributed by atoms with van der Waals surface area (Å²) in [5, 5.41) is 0.862. The van der Waals surface area contributed by atoms with Crippen LogP contribution in [-0.4, -0.2) is 0 Å². The van der Waals surface area contributed by atoms with E-state index >= 15 is 0 Å². The van der Waals surface area contributed by atoms with E-state index in [2.05, 4.69) is 108 Å². The third-order valence-corrected chi connectivity index (χ3v) is 12.0. The molecule has 0 saturated carbocycles. The molecule has 2 aliphatic rings. The number of rotatable bonds is 6. The maximum Gasteiger partial charge on any atom is 0.101 e. The van der Waals surface area contributed by atoms with E-state index < -0.39 is 41.7 Å². The first kappa shape index (κ1) is 23.1. The molecule has 0 unspecified atom stereocenters. The first-order chi connectivity index (χ1) is 31.4. The predicted molar refractivity (Wildman–Crippen MR) is 232 cm³/mol. The molecular formula is C53H35NS. The summed E-state index contributed by atoms with van der Waals surface area (Å²) >= 11 is 1.60. The van der Waals surface area contributed by atoms with Crippen molar-refractivity contribution >= 4 is 27.7 Å². The second-order valence-electron chi connectivity index (χ2n) is 13.7. The summed E-state index contributed by atoms with van der Waals surface area (Å²) in [5.74, 6) is 0. The lowest BCUT2D eigenvalue weighted by Crippen LogP contribution is -2.25. The van der Waals surface area contributed by atoms with Crippen LogP contribution in [0.4, 0.5) is 16.4 Å². The first-order valence-electron chi connectivity index (χ1n) is 23.1. The van der Waals surface area contributed by atoms with Gasteiger partial charge in [0.2, 0.25) is 0 Å². The van der Waals surface area contributed by atoms with Crippen molar-refractivity contribution in [1.29, 1.82) is 0 Å². The molecule has 9 aromatic rings. The zero-order valence-electron chi connectivity index (χ0n) is 39.3. The number of hydrogen-bond acceptors (Lipinski definition) is 2. The van der Waals surface area contributed by atoms with Gasteiger partial charge in [-0.15, -0.1) is 11.3 Å². The van der Waals surface area contributed by atoms with E-state index in [0.717, 1.165) is 26.8 Å². The SMILES string of the molecule is [2H]c1c([2H])c([2H])c(-c2ccc(N(c3ccc(-c4c([2H])c([2H])c([2H])c([2H])c4[2H])cc3)c3ccc(-c4ccc5c(c4)C4(c6ccccc6-c6ccccc64)c4ccccc4-5)s3)cc2)c([2H])c1[2H]. The van der Waals surface area contributed by atoms with Gasteiger partial charge in [0.25, 0.3) is 0 Å². The topological polar surface area (TPSA) is 3.24 Å². The van der Waals surface area contributed by atoms with Gasteiger partial charge in [0.05, 0.1) is 19.1 Å². The molecule has 1 spiro atoms. The summed E-state index contributed by atoms with van der Waals surface area (Å²) in [4.78, 5) is 3.09. The van der Waals surface area contributed by atoms with Gasteiger partial charge < -0.3 is 4.90 Å². The Hall–Kier alpha value is -6.74. The average molecular weight is 728 g/mol. The molecule has 0 saturated heterocycles. The van der Waals surface area contributed by atoms with Gasteiger partial charge >= 0.3 is 0 Å². The van der Waals surface area contributed by atoms with E-state index in [4.69, 9.17) is 13.7 Å². The third-order valence-electron chi connectivity index (χ3n) is 10.9. The van der Waals surface area contributed by atoms with Crippen LogP contribution in [0.1, 0.15) is 36.0 Å². The van der Waals surface area contributed by atoms with Crippen LogP contribution in [0.3, 0.4) is 0 Å². The summed E-state index contributed by atoms with van der Waals surface area (Å²) in [7, 11) is 0. The first-order valence-corrected chi connectivity index (χ1v) is 18.9. The molecule has 8 aromatic carbocycles. The van der Waals surface area contributed by atoms with Crippen molar-refractivity contribution in [2.24, 2.45) is 0 Å². The highest BCUT2D eigenvalue weighted by Gasteiger charge is 2.51. The highest BCUT2D eigenvalue weighted by atomic mass is 32.1. The van der Waals surface area contributed by atoms with Gasteiger partial charge in [0, 0.05) is 16.3 Å². The lowest BCUT2D eigenvalue weighted by molar-refractivity contribution is 0.794. The number of nitrogens with zero attached hydrogens (tertiary/aromatic N) is 1. The summed E-state index contributed by atoms with van der Waals surface area (Å²) < 4.78 is 83.5. The van der Waals surface area contributed by atoms with Crippen molar-refractivity contribution in [3.05, 3.63) is 234 Å². The van der Waals surface area contributed by atoms with Crippen molar-refractivity contribution in [2.45, 2.75) is 5.41 Å². The Bertz CT molecular complexity index is 3220. The van der Waals surface area contributed by atoms with Gasteiger partial charge in [0.1, 0.15) is 5.00 Å². The fourth-order valence-corrected chi connectivity index (χ4v) is 9.64. The van der Waals surface area contributed by atoms with Crippen molar-refractivity contribution in [2.75, 3.05) is 4.90 Å². The molecule has 0 aliphatic heterocycles. The molecule has 2 aliphatic carbocycles. The Labute approximate surface area is 340 Å². The van der Waals surface area contributed by atoms with Gasteiger partial charge in [-0.3, -0.25) is 0 Å². The van der Waals surface area contributed by atoms with Crippen LogP contribution in [0.2, 0.25) is 0 Å². The van der Waals surface area contributed by atoms with Crippen LogP contribution >= 0.6 is 11.3 Å². The number of anilines is 3. The molecule has 0 bridgehead atoms. The molecule has 0 radical (unpaired) electrons. The molecule has 1 aromatic heterocycles. The minimum atomic E-state index is -0.495. The smallest absolute Gasteiger partial charge is 0.101 e. The fourth-order valence-electron chi connectivity index (χ4n) is 8.60. The van der Waals surface area contributed by atoms with Crippen LogP contribution in [-0.2, 0) is 5.41 Å². The average Bonchev–Trinajstić information content (AvgIpc) is 4.03. The molecule has 1 nitrogen and oxygen atoms in total. The van der Waals surface area contributed by atoms with E-state index in [-0.39, 0.29) is 35.3 Å². The standard InChI is InChI=1S/C53H35NS/c1-3-13-36(14-4-1)38-23-28-41(29-24-38)54(42-30-25-39(26-31-42)37-15-5-2-6-16-37)52-34-33-51(55-52)40-27-32-46-45-19-9-12-22-49(45)53(50(46)35-40)47-20-10-7-17-43(47)44-18-8-11-21-48(44)53/h1-35H/i1D,2D,3D,4D,5D,6D,13D,14D,15D,16D. The Morgan fingerprint density at radius 1 is 0.382 bits per heavy atom. The Morgan fingerprint density at radius 3 is 1.31 bits per heavy atom. The zero-order valence-corrected chi connectivity index (χ0v) is 30.1. The van der Waals surface area contributed by atoms with Gasteiger partial charge in [0.15, 0.2) is 0 Å². The third kappa shape index (κ3) is 4.92. The predicted octanol–water partition coefficient (Wildman–Crippen LogP) is 14.6. The number of hydrogen-bond donors (Lipinski definition) is 0. The van der Waals surface area contributed by atoms with E-state index in [9.17, 15) is 0 Å². The van der Waals surface area contributed by atoms with Crippen LogP contribution in [0.25, 0.3) is 54.9 Å². The minimum absolute atomic E-state index is 0.111. The van der Waals surface area contributed by atoms with Gasteiger partial charge in [-0.2, -0.15) is 0 Å². The van der Waals surface area contributed by atoms with Crippen molar-refractivity contribution in [1.82, 2.24) is 0 Å². The molecule has 2 heteroatoms. The lowest BCUT2D eigenvalue weighted by atomic mass is 9.70. The van der Waals surface area contributed by atoms with E-state index in [0.29, 0.717) is 11.1 Å². The van der Waals surface area contributed by atoms with Crippen LogP contribution in [0.5, 0.6) is 0 Å². The van der Waals surface area contributed by atoms with Crippen LogP contribution < -0.4 is 4.90 Å². The molecule has 55 heavy (non-hydrogen) atoms. The minimum Gasteiger partial charge on any atom is -0.302 e. The van der Waals surface area contributed by atoms with Crippen LogP contribution in [0, 0.1) is 0 Å². The quantitative estimate of drug-likeness (QED) is 0.165. The van der Waals surface area contributed by atoms with E-state index in [1.165, 1.54) is 44.5 Å². The summed E-state index contributed by atoms with van der Waals surface area (Å²) in [6, 6.07) is 47.9. The highest BCUT2D eigenvalue weighted by molar-refractivity contribution is 7.19. The molecule has 1 heterocycles. The molecule has 258 valence electrons. The molecule has 0 fully saturated rings. The van der Waals surface area contributed by atoms with Crippen molar-refractivity contribution in [3.8, 4) is 54.9 Å². The Balaban J connectivity index is 1.05. The summed E-state index contributed by atoms with van der Waals surface area (Å²) in [6.45, 7) is 0. The largest absolute Gasteiger partial charge is 0.302 e. The molecule has 0 atom stereocenters. The maximum absolute atomic E-state index is 8.59. The summed E-state index contributed by atoms with van der Waals surface area (Å²) in [6.07, 6.45) is 0. The Morgan fingerprint density at radius 2 is 0.818 bits per heavy atom. The summed E-state index contributed by atoms with van der Waals surface area (Å²) in [5.41, 5.74) is 13.1. The normalized spacial score (nSPS) is 15.4. The van der Waals surface area contributed by atoms with Crippen LogP contribution in [0.15, 0.2) is 212 Å². The second kappa shape index (κ2) is 12.7. The van der Waals surface area contributed by atoms with E-state index in [1.807, 2.05) is 24.3 Å². The van der Waals surface area contributed by atoms with Gasteiger partial charge in [-0.05, 0) is 115 Å². The molecule has 0 amide bonds. The molecule has 11 rings (SSSR count). The lowest BCUT2D eigenvalue weighted by Gasteiger charge is -2.30. The molecule has 0 N–H and O–H groups in total. The number of benzene rings is 8. The monoisotopic (exact) mass is 727 g/mol. The maximum atomic E-state index is 8.59. The van der Waals surface area contributed by atoms with Crippen molar-refractivity contribution < 1.29 is 13.7 Å². The highest BCUT2D eigenvalue weighted by Crippen LogP contribution is 2.63. The fraction of sp³-hybridized carbons (Fsp3) is 0.0189. The Kier molecular flexibility index (Phi) is 5.34. The van der Waals surface area contributed by atoms with Crippen molar-refractivity contribution in [3.63, 3.8) is 0 Å². The zero-order chi connectivity index (χ0) is 45.1. The molecular weight excluding hydrogens is 683 g/mol. The van der Waals surface area contributed by atoms with Gasteiger partial charge in [-0.25, -0.2) is 0 Å². The second-order valence-corrected chi connectivity index (χ2v) is 14.8. The number of fused-ring (bicyclic) bond motifs is 10. The van der Waals surface area contributed by atoms with Gasteiger partial charge in [-0.1, -0.05) is 170 Å².